The highest BCUT2D eigenvalue weighted by atomic mass is 16.6. The molecule has 10 heteroatoms. The van der Waals surface area contributed by atoms with Crippen molar-refractivity contribution in [2.75, 3.05) is 26.4 Å². The molecule has 2 rings (SSSR count). The highest BCUT2D eigenvalue weighted by Crippen LogP contribution is 2.28. The molecule has 0 fully saturated rings. The summed E-state index contributed by atoms with van der Waals surface area (Å²) in [6, 6.07) is 10.8. The van der Waals surface area contributed by atoms with Gasteiger partial charge >= 0.3 is 17.9 Å². The van der Waals surface area contributed by atoms with Crippen LogP contribution in [-0.4, -0.2) is 64.8 Å². The van der Waals surface area contributed by atoms with E-state index in [9.17, 15) is 34.8 Å². The molecule has 0 aliphatic heterocycles. The smallest absolute Gasteiger partial charge is 0.321 e. The summed E-state index contributed by atoms with van der Waals surface area (Å²) in [5, 5.41) is 37.4. The maximum atomic E-state index is 12.4. The monoisotopic (exact) mass is 502 g/mol. The van der Waals surface area contributed by atoms with Crippen molar-refractivity contribution < 1.29 is 49.0 Å². The quantitative estimate of drug-likeness (QED) is 0.202. The van der Waals surface area contributed by atoms with Gasteiger partial charge in [0, 0.05) is 13.0 Å². The minimum Gasteiger partial charge on any atom is -0.427 e. The molecule has 0 saturated carbocycles. The lowest BCUT2D eigenvalue weighted by molar-refractivity contribution is -0.150. The van der Waals surface area contributed by atoms with Gasteiger partial charge in [0.05, 0.1) is 26.4 Å². The average molecular weight is 503 g/mol. The standard InChI is InChI=1S/C26H30O10/c1-17(31)34-21-10-19(11-22(12-21)36-24(33)26(3,15-29)16-30)5-4-18-6-8-20(9-7-18)35-23(32)25(2,13-27)14-28/h4-12,27-30H,13-16H2,1-3H3. The molecule has 10 nitrogen and oxygen atoms in total. The normalized spacial score (nSPS) is 11.9. The Labute approximate surface area is 208 Å². The Morgan fingerprint density at radius 1 is 0.667 bits per heavy atom. The van der Waals surface area contributed by atoms with Crippen molar-refractivity contribution in [2.24, 2.45) is 10.8 Å². The number of carbonyl (C=O) groups excluding carboxylic acids is 3. The molecule has 2 aromatic rings. The third-order valence-corrected chi connectivity index (χ3v) is 5.31. The van der Waals surface area contributed by atoms with Crippen LogP contribution in [0.3, 0.4) is 0 Å². The number of ether oxygens (including phenoxy) is 3. The van der Waals surface area contributed by atoms with Crippen LogP contribution in [-0.2, 0) is 14.4 Å². The van der Waals surface area contributed by atoms with E-state index in [0.717, 1.165) is 0 Å². The van der Waals surface area contributed by atoms with Crippen LogP contribution in [0.5, 0.6) is 17.2 Å². The van der Waals surface area contributed by atoms with Crippen molar-refractivity contribution >= 4 is 30.1 Å². The summed E-state index contributed by atoms with van der Waals surface area (Å²) >= 11 is 0. The summed E-state index contributed by atoms with van der Waals surface area (Å²) in [5.41, 5.74) is -1.70. The maximum Gasteiger partial charge on any atom is 0.321 e. The Morgan fingerprint density at radius 2 is 1.08 bits per heavy atom. The minimum absolute atomic E-state index is 0.0459. The van der Waals surface area contributed by atoms with Gasteiger partial charge in [-0.3, -0.25) is 14.4 Å². The fourth-order valence-corrected chi connectivity index (χ4v) is 2.63. The largest absolute Gasteiger partial charge is 0.427 e. The number of esters is 3. The van der Waals surface area contributed by atoms with E-state index < -0.39 is 55.2 Å². The van der Waals surface area contributed by atoms with Crippen LogP contribution >= 0.6 is 0 Å². The molecule has 0 aliphatic rings. The molecular formula is C26H30O10. The van der Waals surface area contributed by atoms with E-state index in [-0.39, 0.29) is 17.2 Å². The number of benzene rings is 2. The van der Waals surface area contributed by atoms with Crippen LogP contribution in [0, 0.1) is 10.8 Å². The zero-order valence-electron chi connectivity index (χ0n) is 20.3. The predicted octanol–water partition coefficient (Wildman–Crippen LogP) is 1.57. The second-order valence-corrected chi connectivity index (χ2v) is 8.77. The molecule has 4 N–H and O–H groups in total. The first kappa shape index (κ1) is 28.7. The lowest BCUT2D eigenvalue weighted by Crippen LogP contribution is -2.38. The number of aliphatic hydroxyl groups is 4. The van der Waals surface area contributed by atoms with E-state index in [2.05, 4.69) is 0 Å². The fourth-order valence-electron chi connectivity index (χ4n) is 2.63. The molecule has 0 aliphatic carbocycles. The van der Waals surface area contributed by atoms with Gasteiger partial charge in [-0.05, 0) is 49.2 Å². The summed E-state index contributed by atoms with van der Waals surface area (Å²) in [7, 11) is 0. The van der Waals surface area contributed by atoms with Crippen LogP contribution in [0.4, 0.5) is 0 Å². The molecule has 0 atom stereocenters. The number of carbonyl (C=O) groups is 3. The molecule has 36 heavy (non-hydrogen) atoms. The van der Waals surface area contributed by atoms with E-state index in [4.69, 9.17) is 14.2 Å². The molecule has 0 amide bonds. The number of rotatable bonds is 11. The van der Waals surface area contributed by atoms with Gasteiger partial charge in [0.25, 0.3) is 0 Å². The van der Waals surface area contributed by atoms with Crippen LogP contribution in [0.1, 0.15) is 31.9 Å². The summed E-state index contributed by atoms with van der Waals surface area (Å²) in [4.78, 5) is 36.0. The van der Waals surface area contributed by atoms with Crippen LogP contribution < -0.4 is 14.2 Å². The topological polar surface area (TPSA) is 160 Å². The molecule has 0 radical (unpaired) electrons. The number of hydrogen-bond acceptors (Lipinski definition) is 10. The maximum absolute atomic E-state index is 12.4. The third-order valence-electron chi connectivity index (χ3n) is 5.31. The van der Waals surface area contributed by atoms with Crippen molar-refractivity contribution in [3.8, 4) is 17.2 Å². The van der Waals surface area contributed by atoms with Crippen LogP contribution in [0.2, 0.25) is 0 Å². The Balaban J connectivity index is 2.23. The Hall–Kier alpha value is -3.57. The average Bonchev–Trinajstić information content (AvgIpc) is 2.86. The Bertz CT molecular complexity index is 1100. The molecular weight excluding hydrogens is 472 g/mol. The van der Waals surface area contributed by atoms with Gasteiger partial charge in [0.2, 0.25) is 0 Å². The predicted molar refractivity (Wildman–Crippen MR) is 129 cm³/mol. The number of aliphatic hydroxyl groups excluding tert-OH is 4. The van der Waals surface area contributed by atoms with Gasteiger partial charge in [-0.15, -0.1) is 0 Å². The molecule has 194 valence electrons. The van der Waals surface area contributed by atoms with Gasteiger partial charge in [0.15, 0.2) is 0 Å². The third kappa shape index (κ3) is 7.46. The number of hydrogen-bond donors (Lipinski definition) is 4. The fraction of sp³-hybridized carbons (Fsp3) is 0.346. The summed E-state index contributed by atoms with van der Waals surface area (Å²) in [6.07, 6.45) is 3.37. The molecule has 2 aromatic carbocycles. The summed E-state index contributed by atoms with van der Waals surface area (Å²) in [6.45, 7) is 1.59. The van der Waals surface area contributed by atoms with Gasteiger partial charge in [-0.2, -0.15) is 0 Å². The van der Waals surface area contributed by atoms with E-state index in [1.54, 1.807) is 42.5 Å². The molecule has 0 unspecified atom stereocenters. The lowest BCUT2D eigenvalue weighted by Gasteiger charge is -2.22. The molecule has 0 saturated heterocycles. The minimum atomic E-state index is -1.51. The summed E-state index contributed by atoms with van der Waals surface area (Å²) in [5.74, 6) is -1.80. The second-order valence-electron chi connectivity index (χ2n) is 8.77. The second kappa shape index (κ2) is 12.4. The van der Waals surface area contributed by atoms with E-state index in [0.29, 0.717) is 11.1 Å². The lowest BCUT2D eigenvalue weighted by atomic mass is 9.93. The summed E-state index contributed by atoms with van der Waals surface area (Å²) < 4.78 is 15.6. The first-order valence-electron chi connectivity index (χ1n) is 11.0. The van der Waals surface area contributed by atoms with Gasteiger partial charge in [-0.25, -0.2) is 0 Å². The van der Waals surface area contributed by atoms with E-state index in [1.165, 1.54) is 32.9 Å². The van der Waals surface area contributed by atoms with Crippen molar-refractivity contribution in [2.45, 2.75) is 20.8 Å². The van der Waals surface area contributed by atoms with E-state index in [1.807, 2.05) is 0 Å². The zero-order chi connectivity index (χ0) is 26.9. The van der Waals surface area contributed by atoms with E-state index >= 15 is 0 Å². The van der Waals surface area contributed by atoms with Gasteiger partial charge in [-0.1, -0.05) is 24.3 Å². The highest BCUT2D eigenvalue weighted by molar-refractivity contribution is 5.81. The van der Waals surface area contributed by atoms with Crippen LogP contribution in [0.15, 0.2) is 42.5 Å². The molecule has 0 spiro atoms. The SMILES string of the molecule is CC(=O)Oc1cc(C=Cc2ccc(OC(=O)C(C)(CO)CO)cc2)cc(OC(=O)C(C)(CO)CO)c1. The highest BCUT2D eigenvalue weighted by Gasteiger charge is 2.35. The molecule has 0 heterocycles. The van der Waals surface area contributed by atoms with Crippen molar-refractivity contribution in [1.29, 1.82) is 0 Å². The van der Waals surface area contributed by atoms with Gasteiger partial charge < -0.3 is 34.6 Å². The van der Waals surface area contributed by atoms with Crippen molar-refractivity contribution in [3.63, 3.8) is 0 Å². The van der Waals surface area contributed by atoms with Crippen molar-refractivity contribution in [1.82, 2.24) is 0 Å². The zero-order valence-corrected chi connectivity index (χ0v) is 20.3. The van der Waals surface area contributed by atoms with Crippen molar-refractivity contribution in [3.05, 3.63) is 53.6 Å². The first-order chi connectivity index (χ1) is 17.0. The van der Waals surface area contributed by atoms with Crippen LogP contribution in [0.25, 0.3) is 12.2 Å². The Kier molecular flexibility index (Phi) is 9.88. The first-order valence-corrected chi connectivity index (χ1v) is 11.0. The Morgan fingerprint density at radius 3 is 1.53 bits per heavy atom. The molecule has 0 aromatic heterocycles. The molecule has 0 bridgehead atoms. The van der Waals surface area contributed by atoms with Gasteiger partial charge in [0.1, 0.15) is 28.1 Å².